The van der Waals surface area contributed by atoms with Gasteiger partial charge in [0.15, 0.2) is 0 Å². The molecule has 0 radical (unpaired) electrons. The van der Waals surface area contributed by atoms with Crippen molar-refractivity contribution in [2.24, 2.45) is 11.8 Å². The summed E-state index contributed by atoms with van der Waals surface area (Å²) >= 11 is 0. The third-order valence-electron chi connectivity index (χ3n) is 12.7. The highest BCUT2D eigenvalue weighted by Gasteiger charge is 2.49. The van der Waals surface area contributed by atoms with Gasteiger partial charge in [0.05, 0.1) is 44.6 Å². The van der Waals surface area contributed by atoms with Crippen LogP contribution in [-0.4, -0.2) is 132 Å². The lowest BCUT2D eigenvalue weighted by molar-refractivity contribution is -1.09. The lowest BCUT2D eigenvalue weighted by atomic mass is 9.82. The van der Waals surface area contributed by atoms with E-state index in [1.165, 1.54) is 117 Å². The van der Waals surface area contributed by atoms with E-state index in [2.05, 4.69) is 29.2 Å². The molecule has 0 amide bonds. The summed E-state index contributed by atoms with van der Waals surface area (Å²) in [5, 5.41) is 19.9. The first-order chi connectivity index (χ1) is 23.2. The molecule has 0 saturated carbocycles. The van der Waals surface area contributed by atoms with Crippen LogP contribution in [0.1, 0.15) is 23.1 Å². The van der Waals surface area contributed by atoms with Crippen molar-refractivity contribution in [3.8, 4) is 11.1 Å². The summed E-state index contributed by atoms with van der Waals surface area (Å²) in [6.45, 7) is 19.8. The van der Waals surface area contributed by atoms with Gasteiger partial charge >= 0.3 is 11.9 Å². The number of fused-ring (bicyclic) bond motifs is 6. The minimum absolute atomic E-state index is 0. The van der Waals surface area contributed by atoms with E-state index >= 15 is 0 Å². The van der Waals surface area contributed by atoms with Crippen LogP contribution in [0, 0.1) is 11.8 Å². The zero-order chi connectivity index (χ0) is 33.2. The van der Waals surface area contributed by atoms with Gasteiger partial charge in [-0.25, -0.2) is 0 Å². The van der Waals surface area contributed by atoms with E-state index in [1.807, 2.05) is 54.6 Å². The monoisotopic (exact) mass is 758 g/mol. The molecule has 9 rings (SSSR count). The number of aliphatic carboxylic acids is 2. The van der Waals surface area contributed by atoms with Crippen LogP contribution in [0.25, 0.3) is 11.1 Å². The van der Waals surface area contributed by atoms with Crippen molar-refractivity contribution in [1.82, 2.24) is 4.90 Å². The van der Waals surface area contributed by atoms with Crippen molar-refractivity contribution in [2.45, 2.75) is 25.8 Å². The summed E-state index contributed by atoms with van der Waals surface area (Å²) in [4.78, 5) is 27.0. The van der Waals surface area contributed by atoms with Crippen LogP contribution in [0.2, 0.25) is 0 Å². The molecule has 278 valence electrons. The second-order valence-electron chi connectivity index (χ2n) is 15.5. The molecule has 2 atom stereocenters. The molecular weight excluding hydrogens is 707 g/mol. The van der Waals surface area contributed by atoms with Gasteiger partial charge in [-0.3, -0.25) is 14.5 Å². The van der Waals surface area contributed by atoms with Crippen LogP contribution >= 0.6 is 0 Å². The molecule has 6 aliphatic rings. The molecule has 3 aromatic carbocycles. The molecule has 8 nitrogen and oxygen atoms in total. The van der Waals surface area contributed by atoms with Gasteiger partial charge in [0.2, 0.25) is 0 Å². The first kappa shape index (κ1) is 41.1. The second kappa shape index (κ2) is 17.4. The van der Waals surface area contributed by atoms with Crippen LogP contribution < -0.4 is 37.2 Å². The number of nitrogens with zero attached hydrogens (tertiary/aromatic N) is 4. The van der Waals surface area contributed by atoms with Crippen LogP contribution in [0.5, 0.6) is 0 Å². The molecule has 2 N–H and O–H groups in total. The number of rotatable bonds is 14. The summed E-state index contributed by atoms with van der Waals surface area (Å²) < 4.78 is 3.98. The number of hydrogen-bond donors (Lipinski definition) is 2. The fraction of sp³-hybridized carbons (Fsp3) is 0.500. The van der Waals surface area contributed by atoms with Gasteiger partial charge in [0, 0.05) is 31.6 Å². The molecule has 51 heavy (non-hydrogen) atoms. The maximum atomic E-state index is 12.2. The van der Waals surface area contributed by atoms with Gasteiger partial charge < -0.3 is 60.9 Å². The predicted octanol–water partition coefficient (Wildman–Crippen LogP) is -4.75. The highest BCUT2D eigenvalue weighted by atomic mass is 35.5. The highest BCUT2D eigenvalue weighted by molar-refractivity contribution is 5.80. The maximum Gasteiger partial charge on any atom is 0.307 e. The number of quaternary nitrogens is 3. The average Bonchev–Trinajstić information content (AvgIpc) is 3.12. The quantitative estimate of drug-likeness (QED) is 0.162. The van der Waals surface area contributed by atoms with Crippen molar-refractivity contribution in [3.05, 3.63) is 95.6 Å². The topological polar surface area (TPSA) is 77.8 Å². The molecule has 4 bridgehead atoms. The summed E-state index contributed by atoms with van der Waals surface area (Å²) in [7, 11) is 0. The number of carboxylic acid groups (broad SMARTS) is 2. The number of benzene rings is 3. The molecule has 6 saturated heterocycles. The van der Waals surface area contributed by atoms with Crippen LogP contribution in [0.4, 0.5) is 0 Å². The van der Waals surface area contributed by atoms with Gasteiger partial charge in [-0.15, -0.1) is 0 Å². The fourth-order valence-corrected chi connectivity index (χ4v) is 9.27. The van der Waals surface area contributed by atoms with Crippen molar-refractivity contribution < 1.29 is 70.5 Å². The van der Waals surface area contributed by atoms with Crippen molar-refractivity contribution in [2.75, 3.05) is 91.6 Å². The van der Waals surface area contributed by atoms with Crippen molar-refractivity contribution in [3.63, 3.8) is 0 Å². The normalized spacial score (nSPS) is 27.3. The van der Waals surface area contributed by atoms with E-state index in [0.717, 1.165) is 28.8 Å². The summed E-state index contributed by atoms with van der Waals surface area (Å²) in [5.74, 6) is -4.16. The lowest BCUT2D eigenvalue weighted by Crippen LogP contribution is -3.00. The Balaban J connectivity index is 0.00000194. The summed E-state index contributed by atoms with van der Waals surface area (Å²) in [6, 6.07) is 26.2. The second-order valence-corrected chi connectivity index (χ2v) is 15.5. The standard InChI is InChI=1S/C40H51N4O4.3ClH/c45-39(46)37(29-32-5-2-1-3-6-32)38(40(47)48)30-33-7-11-35(12-8-33)36-13-9-34(10-14-36)31-44-26-23-43(24-27-44,25-28-44)19-4-18-42-20-15-41(16-21-42)17-22-42;;;/h1-3,5-14,37-38H,4,15-31H2;3*1H/q+1;;;/p-1/t37-,38-,43?,44?;;;/m0.../s1. The lowest BCUT2D eigenvalue weighted by Gasteiger charge is -2.56. The molecule has 0 unspecified atom stereocenters. The Morgan fingerprint density at radius 1 is 0.529 bits per heavy atom. The average molecular weight is 760 g/mol. The van der Waals surface area contributed by atoms with Gasteiger partial charge in [0.25, 0.3) is 0 Å². The van der Waals surface area contributed by atoms with Gasteiger partial charge in [-0.05, 0) is 35.1 Å². The maximum absolute atomic E-state index is 12.2. The first-order valence-electron chi connectivity index (χ1n) is 18.2. The minimum Gasteiger partial charge on any atom is -1.00 e. The Kier molecular flexibility index (Phi) is 14.0. The molecule has 0 aliphatic carbocycles. The molecule has 6 heterocycles. The molecule has 6 aliphatic heterocycles. The van der Waals surface area contributed by atoms with Crippen LogP contribution in [0.15, 0.2) is 78.9 Å². The first-order valence-corrected chi connectivity index (χ1v) is 18.2. The Labute approximate surface area is 322 Å². The Hall–Kier alpha value is -2.69. The predicted molar refractivity (Wildman–Crippen MR) is 187 cm³/mol. The molecule has 3 aromatic rings. The zero-order valence-corrected chi connectivity index (χ0v) is 31.8. The molecule has 0 spiro atoms. The van der Waals surface area contributed by atoms with Crippen molar-refractivity contribution in [1.29, 1.82) is 0 Å². The number of hydrogen-bond acceptors (Lipinski definition) is 3. The molecule has 6 fully saturated rings. The van der Waals surface area contributed by atoms with E-state index < -0.39 is 23.8 Å². The Bertz CT molecular complexity index is 1550. The Morgan fingerprint density at radius 2 is 0.922 bits per heavy atom. The number of carboxylic acids is 2. The summed E-state index contributed by atoms with van der Waals surface area (Å²) in [6.07, 6.45) is 1.76. The number of piperazine rings is 6. The fourth-order valence-electron chi connectivity index (χ4n) is 9.27. The molecular formula is C40H53Cl3N4O4. The number of halogens is 3. The number of carbonyl (C=O) groups is 2. The van der Waals surface area contributed by atoms with Gasteiger partial charge in [-0.1, -0.05) is 78.9 Å². The van der Waals surface area contributed by atoms with E-state index in [9.17, 15) is 19.8 Å². The van der Waals surface area contributed by atoms with E-state index in [4.69, 9.17) is 0 Å². The molecule has 11 heteroatoms. The van der Waals surface area contributed by atoms with E-state index in [1.54, 1.807) is 0 Å². The van der Waals surface area contributed by atoms with Gasteiger partial charge in [-0.2, -0.15) is 0 Å². The largest absolute Gasteiger partial charge is 1.00 e. The third kappa shape index (κ3) is 9.46. The zero-order valence-electron chi connectivity index (χ0n) is 29.5. The summed E-state index contributed by atoms with van der Waals surface area (Å²) in [5.41, 5.74) is 5.29. The molecule has 0 aromatic heterocycles. The van der Waals surface area contributed by atoms with Gasteiger partial charge in [0.1, 0.15) is 45.8 Å². The van der Waals surface area contributed by atoms with Crippen LogP contribution in [0.3, 0.4) is 0 Å². The third-order valence-corrected chi connectivity index (χ3v) is 12.7. The van der Waals surface area contributed by atoms with Crippen molar-refractivity contribution >= 4 is 11.9 Å². The van der Waals surface area contributed by atoms with E-state index in [0.29, 0.717) is 0 Å². The van der Waals surface area contributed by atoms with Crippen LogP contribution in [-0.2, 0) is 29.0 Å². The highest BCUT2D eigenvalue weighted by Crippen LogP contribution is 2.31. The smallest absolute Gasteiger partial charge is 0.307 e. The minimum atomic E-state index is -1.07. The Morgan fingerprint density at radius 3 is 1.37 bits per heavy atom. The van der Waals surface area contributed by atoms with E-state index in [-0.39, 0.29) is 50.1 Å². The SMILES string of the molecule is O=C(O)[C@@H](Cc1ccccc1)[C@H](Cc1ccc(-c2ccc(C[N+]34CC[N+](CCC[N+]56CCN(CC5)CC6)(CC3)CC4)cc2)cc1)C(=O)O.[Cl-].[Cl-].[Cl-].